The minimum atomic E-state index is 0.547. The van der Waals surface area contributed by atoms with Gasteiger partial charge in [-0.25, -0.2) is 4.98 Å². The molecule has 0 saturated heterocycles. The van der Waals surface area contributed by atoms with Crippen LogP contribution in [0.2, 0.25) is 0 Å². The van der Waals surface area contributed by atoms with Crippen LogP contribution in [0.4, 0.5) is 0 Å². The number of nitrogens with zero attached hydrogens (tertiary/aromatic N) is 2. The first-order valence-electron chi connectivity index (χ1n) is 5.64. The normalized spacial score (nSPS) is 10.2. The maximum absolute atomic E-state index is 9.16. The van der Waals surface area contributed by atoms with Crippen molar-refractivity contribution in [2.75, 3.05) is 6.54 Å². The highest BCUT2D eigenvalue weighted by Crippen LogP contribution is 2.29. The maximum atomic E-state index is 9.16. The summed E-state index contributed by atoms with van der Waals surface area (Å²) in [6.45, 7) is 3.74. The molecule has 2 aromatic rings. The number of aromatic nitrogens is 1. The van der Waals surface area contributed by atoms with E-state index in [4.69, 9.17) is 9.68 Å². The number of nitriles is 1. The third-order valence-electron chi connectivity index (χ3n) is 2.35. The topological polar surface area (TPSA) is 61.9 Å². The summed E-state index contributed by atoms with van der Waals surface area (Å²) in [6.07, 6.45) is 3.11. The van der Waals surface area contributed by atoms with Crippen LogP contribution in [0, 0.1) is 11.3 Å². The monoisotopic (exact) mass is 259 g/mol. The third-order valence-corrected chi connectivity index (χ3v) is 3.30. The van der Waals surface area contributed by atoms with Gasteiger partial charge in [-0.2, -0.15) is 5.26 Å². The number of rotatable bonds is 5. The molecule has 0 bridgehead atoms. The number of oxazole rings is 1. The first-order chi connectivity index (χ1) is 8.83. The predicted octanol–water partition coefficient (Wildman–Crippen LogP) is 2.81. The Hall–Kier alpha value is -1.77. The van der Waals surface area contributed by atoms with Crippen molar-refractivity contribution < 1.29 is 4.42 Å². The van der Waals surface area contributed by atoms with E-state index < -0.39 is 0 Å². The van der Waals surface area contributed by atoms with E-state index in [1.165, 1.54) is 18.0 Å². The summed E-state index contributed by atoms with van der Waals surface area (Å²) >= 11 is 1.36. The van der Waals surface area contributed by atoms with Crippen LogP contribution in [0.15, 0.2) is 45.2 Å². The van der Waals surface area contributed by atoms with Crippen LogP contribution < -0.4 is 5.32 Å². The molecule has 0 aliphatic rings. The summed E-state index contributed by atoms with van der Waals surface area (Å²) in [5.74, 6) is 0. The van der Waals surface area contributed by atoms with Gasteiger partial charge in [0, 0.05) is 11.4 Å². The van der Waals surface area contributed by atoms with Crippen molar-refractivity contribution in [1.82, 2.24) is 10.3 Å². The van der Waals surface area contributed by atoms with Crippen LogP contribution in [0.1, 0.15) is 18.1 Å². The zero-order valence-electron chi connectivity index (χ0n) is 10.0. The molecule has 0 atom stereocenters. The van der Waals surface area contributed by atoms with E-state index in [9.17, 15) is 0 Å². The Bertz CT molecular complexity index is 546. The van der Waals surface area contributed by atoms with Gasteiger partial charge in [0.2, 0.25) is 0 Å². The zero-order valence-corrected chi connectivity index (χ0v) is 10.8. The van der Waals surface area contributed by atoms with Gasteiger partial charge < -0.3 is 9.73 Å². The van der Waals surface area contributed by atoms with Crippen molar-refractivity contribution in [3.8, 4) is 6.07 Å². The van der Waals surface area contributed by atoms with E-state index >= 15 is 0 Å². The van der Waals surface area contributed by atoms with Crippen molar-refractivity contribution in [1.29, 1.82) is 5.26 Å². The smallest absolute Gasteiger partial charge is 0.260 e. The molecule has 92 valence electrons. The molecule has 0 radical (unpaired) electrons. The second-order valence-corrected chi connectivity index (χ2v) is 4.62. The van der Waals surface area contributed by atoms with Crippen molar-refractivity contribution >= 4 is 11.8 Å². The van der Waals surface area contributed by atoms with Gasteiger partial charge in [-0.15, -0.1) is 0 Å². The molecule has 5 heteroatoms. The van der Waals surface area contributed by atoms with Gasteiger partial charge >= 0.3 is 0 Å². The average Bonchev–Trinajstić information content (AvgIpc) is 2.90. The Labute approximate surface area is 110 Å². The zero-order chi connectivity index (χ0) is 12.8. The molecule has 0 aliphatic heterocycles. The van der Waals surface area contributed by atoms with Crippen molar-refractivity contribution in [3.63, 3.8) is 0 Å². The summed E-state index contributed by atoms with van der Waals surface area (Å²) in [7, 11) is 0. The van der Waals surface area contributed by atoms with Gasteiger partial charge in [0.05, 0.1) is 11.8 Å². The summed E-state index contributed by atoms with van der Waals surface area (Å²) in [4.78, 5) is 4.89. The molecule has 0 amide bonds. The first kappa shape index (κ1) is 12.7. The fourth-order valence-electron chi connectivity index (χ4n) is 1.49. The molecule has 1 N–H and O–H groups in total. The second-order valence-electron chi connectivity index (χ2n) is 3.62. The number of hydrogen-bond acceptors (Lipinski definition) is 5. The quantitative estimate of drug-likeness (QED) is 0.894. The number of hydrogen-bond donors (Lipinski definition) is 1. The lowest BCUT2D eigenvalue weighted by molar-refractivity contribution is 0.454. The molecule has 1 heterocycles. The Morgan fingerprint density at radius 2 is 2.39 bits per heavy atom. The highest BCUT2D eigenvalue weighted by atomic mass is 32.2. The van der Waals surface area contributed by atoms with E-state index in [-0.39, 0.29) is 0 Å². The largest absolute Gasteiger partial charge is 0.440 e. The lowest BCUT2D eigenvalue weighted by Crippen LogP contribution is -2.11. The lowest BCUT2D eigenvalue weighted by atomic mass is 10.1. The van der Waals surface area contributed by atoms with Gasteiger partial charge in [0.15, 0.2) is 0 Å². The standard InChI is InChI=1S/C13H13N3OS/c1-2-15-9-10-3-4-12(11(7-10)8-14)18-13-16-5-6-17-13/h3-7,15H,2,9H2,1H3. The average molecular weight is 259 g/mol. The van der Waals surface area contributed by atoms with Crippen LogP contribution in [-0.2, 0) is 6.54 Å². The molecule has 2 rings (SSSR count). The maximum Gasteiger partial charge on any atom is 0.260 e. The van der Waals surface area contributed by atoms with Crippen LogP contribution >= 0.6 is 11.8 Å². The minimum absolute atomic E-state index is 0.547. The van der Waals surface area contributed by atoms with Crippen molar-refractivity contribution in [3.05, 3.63) is 41.8 Å². The Morgan fingerprint density at radius 3 is 3.06 bits per heavy atom. The predicted molar refractivity (Wildman–Crippen MR) is 69.2 cm³/mol. The van der Waals surface area contributed by atoms with Gasteiger partial charge in [-0.3, -0.25) is 0 Å². The first-order valence-corrected chi connectivity index (χ1v) is 6.46. The molecular weight excluding hydrogens is 246 g/mol. The van der Waals surface area contributed by atoms with Crippen molar-refractivity contribution in [2.24, 2.45) is 0 Å². The lowest BCUT2D eigenvalue weighted by Gasteiger charge is -2.05. The Balaban J connectivity index is 2.18. The number of benzene rings is 1. The highest BCUT2D eigenvalue weighted by Gasteiger charge is 2.08. The molecule has 0 aliphatic carbocycles. The number of nitrogens with one attached hydrogen (secondary N) is 1. The molecular formula is C13H13N3OS. The van der Waals surface area contributed by atoms with Crippen LogP contribution in [0.5, 0.6) is 0 Å². The summed E-state index contributed by atoms with van der Waals surface area (Å²) in [6, 6.07) is 8.04. The van der Waals surface area contributed by atoms with Gasteiger partial charge in [-0.05, 0) is 36.0 Å². The molecule has 4 nitrogen and oxygen atoms in total. The third kappa shape index (κ3) is 3.13. The summed E-state index contributed by atoms with van der Waals surface area (Å²) in [5.41, 5.74) is 1.75. The SMILES string of the molecule is CCNCc1ccc(Sc2ncco2)c(C#N)c1. The fourth-order valence-corrected chi connectivity index (χ4v) is 2.24. The van der Waals surface area contributed by atoms with Gasteiger partial charge in [0.25, 0.3) is 5.22 Å². The fraction of sp³-hybridized carbons (Fsp3) is 0.231. The van der Waals surface area contributed by atoms with E-state index in [1.54, 1.807) is 6.20 Å². The van der Waals surface area contributed by atoms with Gasteiger partial charge in [0.1, 0.15) is 12.3 Å². The summed E-state index contributed by atoms with van der Waals surface area (Å²) < 4.78 is 5.16. The Kier molecular flexibility index (Phi) is 4.40. The Morgan fingerprint density at radius 1 is 1.50 bits per heavy atom. The summed E-state index contributed by atoms with van der Waals surface area (Å²) in [5, 5.41) is 12.9. The van der Waals surface area contributed by atoms with Crippen LogP contribution in [-0.4, -0.2) is 11.5 Å². The van der Waals surface area contributed by atoms with Gasteiger partial charge in [-0.1, -0.05) is 13.0 Å². The molecule has 0 unspecified atom stereocenters. The molecule has 0 spiro atoms. The van der Waals surface area contributed by atoms with Crippen LogP contribution in [0.25, 0.3) is 0 Å². The molecule has 0 fully saturated rings. The van der Waals surface area contributed by atoms with E-state index in [1.807, 2.05) is 18.2 Å². The molecule has 0 saturated carbocycles. The van der Waals surface area contributed by atoms with E-state index in [0.717, 1.165) is 23.5 Å². The van der Waals surface area contributed by atoms with Crippen molar-refractivity contribution in [2.45, 2.75) is 23.6 Å². The molecule has 18 heavy (non-hydrogen) atoms. The highest BCUT2D eigenvalue weighted by molar-refractivity contribution is 7.99. The second kappa shape index (κ2) is 6.24. The molecule has 1 aromatic heterocycles. The van der Waals surface area contributed by atoms with E-state index in [0.29, 0.717) is 10.8 Å². The molecule has 1 aromatic carbocycles. The van der Waals surface area contributed by atoms with E-state index in [2.05, 4.69) is 23.3 Å². The van der Waals surface area contributed by atoms with Crippen LogP contribution in [0.3, 0.4) is 0 Å². The minimum Gasteiger partial charge on any atom is -0.440 e.